The van der Waals surface area contributed by atoms with Gasteiger partial charge in [-0.3, -0.25) is 0 Å². The van der Waals surface area contributed by atoms with Crippen LogP contribution in [0.3, 0.4) is 0 Å². The Hall–Kier alpha value is -0.820. The molecule has 2 aromatic rings. The summed E-state index contributed by atoms with van der Waals surface area (Å²) in [5.74, 6) is 0. The molecule has 169 valence electrons. The Bertz CT molecular complexity index is 669. The van der Waals surface area contributed by atoms with Gasteiger partial charge in [-0.05, 0) is 35.1 Å². The molecule has 0 aliphatic heterocycles. The molecule has 30 heavy (non-hydrogen) atoms. The van der Waals surface area contributed by atoms with E-state index in [-0.39, 0.29) is 27.8 Å². The van der Waals surface area contributed by atoms with Gasteiger partial charge in [0, 0.05) is 27.8 Å². The maximum atomic E-state index is 2.43. The van der Waals surface area contributed by atoms with Gasteiger partial charge in [0.1, 0.15) is 0 Å². The second-order valence-corrected chi connectivity index (χ2v) is 9.21. The fraction of sp³-hybridized carbons (Fsp3) is 0.586. The monoisotopic (exact) mass is 587 g/mol. The van der Waals surface area contributed by atoms with E-state index >= 15 is 0 Å². The third-order valence-corrected chi connectivity index (χ3v) is 7.09. The van der Waals surface area contributed by atoms with Gasteiger partial charge in [0.25, 0.3) is 0 Å². The minimum atomic E-state index is 0. The van der Waals surface area contributed by atoms with Crippen LogP contribution in [0.5, 0.6) is 0 Å². The summed E-state index contributed by atoms with van der Waals surface area (Å²) in [6, 6.07) is 18.6. The van der Waals surface area contributed by atoms with Gasteiger partial charge in [-0.2, -0.15) is 0 Å². The van der Waals surface area contributed by atoms with Crippen molar-refractivity contribution < 1.29 is 22.4 Å². The predicted molar refractivity (Wildman–Crippen MR) is 129 cm³/mol. The molecule has 3 rings (SSSR count). The van der Waals surface area contributed by atoms with Gasteiger partial charge in [-0.15, -0.1) is 0 Å². The maximum absolute atomic E-state index is 2.43. The molecule has 0 aromatic heterocycles. The molecule has 1 aliphatic rings. The van der Waals surface area contributed by atoms with E-state index < -0.39 is 0 Å². The molecule has 0 bridgehead atoms. The Kier molecular flexibility index (Phi) is 11.5. The van der Waals surface area contributed by atoms with E-state index in [0.29, 0.717) is 0 Å². The van der Waals surface area contributed by atoms with Crippen molar-refractivity contribution in [1.82, 2.24) is 0 Å². The van der Waals surface area contributed by atoms with E-state index in [9.17, 15) is 0 Å². The molecule has 0 N–H and O–H groups in total. The van der Waals surface area contributed by atoms with E-state index in [0.717, 1.165) is 0 Å². The molecule has 1 heteroatoms. The van der Waals surface area contributed by atoms with Crippen LogP contribution < -0.4 is 0 Å². The summed E-state index contributed by atoms with van der Waals surface area (Å²) in [4.78, 5) is 0. The second-order valence-electron chi connectivity index (χ2n) is 9.21. The molecular formula is C29H42Au. The standard InChI is InChI=1S/C29H42.Au/c1-3-5-7-9-11-17-23-29(24-18-12-10-8-6-4-2)27-21-15-13-19-25(27)26-20-14-16-22-28(26)29;/h13-16,19-22H,3-12,17-18,23-24H2,1-2H3;. The minimum Gasteiger partial charge on any atom is -0.0654 e. The molecule has 0 nitrogen and oxygen atoms in total. The van der Waals surface area contributed by atoms with Gasteiger partial charge in [0.15, 0.2) is 0 Å². The number of rotatable bonds is 14. The van der Waals surface area contributed by atoms with Gasteiger partial charge in [-0.1, -0.05) is 139 Å². The van der Waals surface area contributed by atoms with Crippen molar-refractivity contribution >= 4 is 0 Å². The molecule has 0 amide bonds. The number of unbranched alkanes of at least 4 members (excludes halogenated alkanes) is 10. The van der Waals surface area contributed by atoms with Crippen LogP contribution in [0.1, 0.15) is 115 Å². The summed E-state index contributed by atoms with van der Waals surface area (Å²) in [6.07, 6.45) is 19.3. The molecular weight excluding hydrogens is 545 g/mol. The molecule has 0 fully saturated rings. The van der Waals surface area contributed by atoms with Crippen LogP contribution in [-0.4, -0.2) is 0 Å². The minimum absolute atomic E-state index is 0. The molecule has 0 heterocycles. The van der Waals surface area contributed by atoms with E-state index in [4.69, 9.17) is 0 Å². The van der Waals surface area contributed by atoms with Crippen LogP contribution in [0.4, 0.5) is 0 Å². The van der Waals surface area contributed by atoms with E-state index in [2.05, 4.69) is 62.4 Å². The summed E-state index contributed by atoms with van der Waals surface area (Å²) < 4.78 is 0. The van der Waals surface area contributed by atoms with Crippen LogP contribution in [0.2, 0.25) is 0 Å². The first-order valence-electron chi connectivity index (χ1n) is 12.5. The molecule has 0 unspecified atom stereocenters. The number of hydrogen-bond donors (Lipinski definition) is 0. The smallest absolute Gasteiger partial charge is 0.0215 e. The van der Waals surface area contributed by atoms with Crippen molar-refractivity contribution in [2.45, 2.75) is 109 Å². The Labute approximate surface area is 201 Å². The molecule has 0 saturated carbocycles. The van der Waals surface area contributed by atoms with Crippen LogP contribution in [0, 0.1) is 0 Å². The van der Waals surface area contributed by atoms with Gasteiger partial charge in [0.05, 0.1) is 0 Å². The molecule has 0 atom stereocenters. The first-order valence-corrected chi connectivity index (χ1v) is 12.5. The normalized spacial score (nSPS) is 13.5. The largest absolute Gasteiger partial charge is 0.0654 e. The van der Waals surface area contributed by atoms with Gasteiger partial charge < -0.3 is 0 Å². The average Bonchev–Trinajstić information content (AvgIpc) is 3.04. The van der Waals surface area contributed by atoms with Gasteiger partial charge in [0.2, 0.25) is 0 Å². The summed E-state index contributed by atoms with van der Waals surface area (Å²) in [6.45, 7) is 4.61. The van der Waals surface area contributed by atoms with E-state index in [1.165, 1.54) is 101 Å². The van der Waals surface area contributed by atoms with Crippen LogP contribution in [0.15, 0.2) is 48.5 Å². The van der Waals surface area contributed by atoms with Crippen molar-refractivity contribution in [3.05, 3.63) is 59.7 Å². The second kappa shape index (κ2) is 13.6. The van der Waals surface area contributed by atoms with Gasteiger partial charge >= 0.3 is 0 Å². The Morgan fingerprint density at radius 1 is 0.500 bits per heavy atom. The zero-order valence-electron chi connectivity index (χ0n) is 19.3. The number of benzene rings is 2. The molecule has 1 aliphatic carbocycles. The van der Waals surface area contributed by atoms with E-state index in [1.54, 1.807) is 11.1 Å². The van der Waals surface area contributed by atoms with Crippen LogP contribution in [0.25, 0.3) is 11.1 Å². The predicted octanol–water partition coefficient (Wildman–Crippen LogP) is 9.45. The first kappa shape index (κ1) is 25.4. The third kappa shape index (κ3) is 6.12. The molecule has 0 saturated heterocycles. The van der Waals surface area contributed by atoms with Crippen molar-refractivity contribution in [2.24, 2.45) is 0 Å². The number of hydrogen-bond acceptors (Lipinski definition) is 0. The number of fused-ring (bicyclic) bond motifs is 3. The van der Waals surface area contributed by atoms with Gasteiger partial charge in [-0.25, -0.2) is 0 Å². The Morgan fingerprint density at radius 2 is 0.867 bits per heavy atom. The molecule has 2 aromatic carbocycles. The fourth-order valence-electron chi connectivity index (χ4n) is 5.49. The zero-order chi connectivity index (χ0) is 20.4. The quantitative estimate of drug-likeness (QED) is 0.153. The average molecular weight is 588 g/mol. The SMILES string of the molecule is CCCCCCCCC1(CCCCCCCC)c2ccccc2-c2ccccc21.[Au]. The summed E-state index contributed by atoms with van der Waals surface area (Å²) in [7, 11) is 0. The maximum Gasteiger partial charge on any atom is 0.0215 e. The summed E-state index contributed by atoms with van der Waals surface area (Å²) >= 11 is 0. The zero-order valence-corrected chi connectivity index (χ0v) is 21.5. The Morgan fingerprint density at radius 3 is 1.30 bits per heavy atom. The molecule has 1 radical (unpaired) electrons. The van der Waals surface area contributed by atoms with Crippen LogP contribution >= 0.6 is 0 Å². The van der Waals surface area contributed by atoms with Crippen molar-refractivity contribution in [3.8, 4) is 11.1 Å². The first-order chi connectivity index (χ1) is 14.3. The third-order valence-electron chi connectivity index (χ3n) is 7.09. The van der Waals surface area contributed by atoms with Crippen molar-refractivity contribution in [2.75, 3.05) is 0 Å². The van der Waals surface area contributed by atoms with Crippen molar-refractivity contribution in [3.63, 3.8) is 0 Å². The van der Waals surface area contributed by atoms with Crippen molar-refractivity contribution in [1.29, 1.82) is 0 Å². The molecule has 0 spiro atoms. The van der Waals surface area contributed by atoms with E-state index in [1.807, 2.05) is 0 Å². The summed E-state index contributed by atoms with van der Waals surface area (Å²) in [5, 5.41) is 0. The fourth-order valence-corrected chi connectivity index (χ4v) is 5.49. The Balaban J connectivity index is 0.00000320. The topological polar surface area (TPSA) is 0 Å². The van der Waals surface area contributed by atoms with Crippen LogP contribution in [-0.2, 0) is 27.8 Å². The summed E-state index contributed by atoms with van der Waals surface area (Å²) in [5.41, 5.74) is 6.48.